The fourth-order valence-corrected chi connectivity index (χ4v) is 1.35. The largest absolute Gasteiger partial charge is 0.480 e. The zero-order valence-electron chi connectivity index (χ0n) is 8.91. The minimum absolute atomic E-state index is 0.355. The first kappa shape index (κ1) is 12.0. The summed E-state index contributed by atoms with van der Waals surface area (Å²) < 4.78 is 5.10. The average Bonchev–Trinajstić information content (AvgIpc) is 2.97. The Kier molecular flexibility index (Phi) is 4.08. The van der Waals surface area contributed by atoms with E-state index in [1.165, 1.54) is 0 Å². The Hall–Kier alpha value is -1.10. The molecular formula is C10H17NO4. The van der Waals surface area contributed by atoms with E-state index < -0.39 is 11.4 Å². The number of amides is 1. The number of rotatable bonds is 7. The lowest BCUT2D eigenvalue weighted by Crippen LogP contribution is -2.37. The molecule has 0 atom stereocenters. The van der Waals surface area contributed by atoms with Crippen molar-refractivity contribution >= 4 is 11.9 Å². The minimum atomic E-state index is -1.12. The van der Waals surface area contributed by atoms with Crippen molar-refractivity contribution < 1.29 is 19.4 Å². The van der Waals surface area contributed by atoms with Crippen LogP contribution in [0.25, 0.3) is 0 Å². The minimum Gasteiger partial charge on any atom is -0.480 e. The fourth-order valence-electron chi connectivity index (χ4n) is 1.35. The summed E-state index contributed by atoms with van der Waals surface area (Å²) in [5.74, 6) is -1.36. The predicted octanol–water partition coefficient (Wildman–Crippen LogP) is 0.394. The molecule has 1 rings (SSSR count). The summed E-state index contributed by atoms with van der Waals surface area (Å²) in [5.41, 5.74) is -1.12. The zero-order valence-corrected chi connectivity index (χ0v) is 8.91. The third-order valence-electron chi connectivity index (χ3n) is 2.55. The molecule has 0 aromatic heterocycles. The van der Waals surface area contributed by atoms with Gasteiger partial charge in [-0.1, -0.05) is 0 Å². The number of ether oxygens (including phenoxy) is 1. The Labute approximate surface area is 88.8 Å². The highest BCUT2D eigenvalue weighted by Crippen LogP contribution is 2.45. The Morgan fingerprint density at radius 3 is 2.60 bits per heavy atom. The van der Waals surface area contributed by atoms with Gasteiger partial charge in [0.2, 0.25) is 5.91 Å². The maximum Gasteiger partial charge on any atom is 0.319 e. The van der Waals surface area contributed by atoms with Gasteiger partial charge < -0.3 is 15.2 Å². The van der Waals surface area contributed by atoms with Crippen LogP contribution in [0.1, 0.15) is 26.2 Å². The van der Waals surface area contributed by atoms with Gasteiger partial charge in [-0.05, 0) is 26.2 Å². The number of carbonyl (C=O) groups excluding carboxylic acids is 1. The molecule has 15 heavy (non-hydrogen) atoms. The Bertz CT molecular complexity index is 248. The molecule has 1 fully saturated rings. The molecule has 0 saturated heterocycles. The molecule has 5 heteroatoms. The highest BCUT2D eigenvalue weighted by atomic mass is 16.5. The van der Waals surface area contributed by atoms with Crippen molar-refractivity contribution in [2.75, 3.05) is 19.8 Å². The first-order valence-electron chi connectivity index (χ1n) is 5.23. The smallest absolute Gasteiger partial charge is 0.319 e. The zero-order chi connectivity index (χ0) is 11.3. The van der Waals surface area contributed by atoms with Gasteiger partial charge in [0.05, 0.1) is 0 Å². The monoisotopic (exact) mass is 215 g/mol. The van der Waals surface area contributed by atoms with Crippen LogP contribution in [0.2, 0.25) is 0 Å². The lowest BCUT2D eigenvalue weighted by Gasteiger charge is -2.10. The van der Waals surface area contributed by atoms with Crippen molar-refractivity contribution in [1.29, 1.82) is 0 Å². The second-order valence-electron chi connectivity index (χ2n) is 3.69. The van der Waals surface area contributed by atoms with Crippen molar-refractivity contribution in [1.82, 2.24) is 5.32 Å². The molecule has 0 heterocycles. The van der Waals surface area contributed by atoms with Gasteiger partial charge in [-0.2, -0.15) is 0 Å². The molecule has 5 nitrogen and oxygen atoms in total. The number of aliphatic carboxylic acids is 1. The summed E-state index contributed by atoms with van der Waals surface area (Å²) in [5, 5.41) is 11.5. The van der Waals surface area contributed by atoms with Crippen molar-refractivity contribution in [3.8, 4) is 0 Å². The summed E-state index contributed by atoms with van der Waals surface area (Å²) in [6.45, 7) is 3.64. The Balaban J connectivity index is 2.17. The molecule has 0 aromatic carbocycles. The molecule has 0 aliphatic heterocycles. The molecule has 0 aromatic rings. The maximum absolute atomic E-state index is 11.5. The molecular weight excluding hydrogens is 198 g/mol. The van der Waals surface area contributed by atoms with E-state index in [-0.39, 0.29) is 5.91 Å². The predicted molar refractivity (Wildman–Crippen MR) is 53.4 cm³/mol. The van der Waals surface area contributed by atoms with Crippen LogP contribution in [-0.2, 0) is 14.3 Å². The molecule has 0 unspecified atom stereocenters. The van der Waals surface area contributed by atoms with E-state index in [2.05, 4.69) is 5.32 Å². The van der Waals surface area contributed by atoms with Gasteiger partial charge in [-0.25, -0.2) is 0 Å². The van der Waals surface area contributed by atoms with Gasteiger partial charge in [0.15, 0.2) is 0 Å². The van der Waals surface area contributed by atoms with Crippen LogP contribution in [0.5, 0.6) is 0 Å². The van der Waals surface area contributed by atoms with E-state index in [1.807, 2.05) is 6.92 Å². The van der Waals surface area contributed by atoms with Gasteiger partial charge in [0.25, 0.3) is 0 Å². The van der Waals surface area contributed by atoms with Crippen molar-refractivity contribution in [3.05, 3.63) is 0 Å². The summed E-state index contributed by atoms with van der Waals surface area (Å²) in [4.78, 5) is 22.2. The van der Waals surface area contributed by atoms with Crippen LogP contribution >= 0.6 is 0 Å². The summed E-state index contributed by atoms with van der Waals surface area (Å²) in [6.07, 6.45) is 1.63. The lowest BCUT2D eigenvalue weighted by atomic mass is 10.1. The summed E-state index contributed by atoms with van der Waals surface area (Å²) in [6, 6.07) is 0. The number of carboxylic acid groups (broad SMARTS) is 1. The molecule has 0 bridgehead atoms. The summed E-state index contributed by atoms with van der Waals surface area (Å²) >= 11 is 0. The van der Waals surface area contributed by atoms with E-state index >= 15 is 0 Å². The van der Waals surface area contributed by atoms with E-state index in [9.17, 15) is 9.59 Å². The van der Waals surface area contributed by atoms with Crippen LogP contribution in [0.3, 0.4) is 0 Å². The van der Waals surface area contributed by atoms with Crippen LogP contribution in [0.4, 0.5) is 0 Å². The van der Waals surface area contributed by atoms with Gasteiger partial charge in [0, 0.05) is 19.8 Å². The molecule has 0 spiro atoms. The van der Waals surface area contributed by atoms with Crippen molar-refractivity contribution in [2.24, 2.45) is 5.41 Å². The molecule has 0 radical (unpaired) electrons. The van der Waals surface area contributed by atoms with E-state index in [0.717, 1.165) is 6.42 Å². The highest BCUT2D eigenvalue weighted by molar-refractivity contribution is 6.04. The topological polar surface area (TPSA) is 75.6 Å². The van der Waals surface area contributed by atoms with Crippen molar-refractivity contribution in [3.63, 3.8) is 0 Å². The van der Waals surface area contributed by atoms with Gasteiger partial charge >= 0.3 is 5.97 Å². The molecule has 1 saturated carbocycles. The Morgan fingerprint density at radius 2 is 2.13 bits per heavy atom. The SMILES string of the molecule is CCOCCCNC(=O)C1(C(=O)O)CC1. The van der Waals surface area contributed by atoms with Crippen LogP contribution in [0.15, 0.2) is 0 Å². The van der Waals surface area contributed by atoms with Gasteiger partial charge in [0.1, 0.15) is 5.41 Å². The van der Waals surface area contributed by atoms with E-state index in [1.54, 1.807) is 0 Å². The lowest BCUT2D eigenvalue weighted by molar-refractivity contribution is -0.149. The molecule has 2 N–H and O–H groups in total. The molecule has 1 amide bonds. The number of hydrogen-bond acceptors (Lipinski definition) is 3. The third-order valence-corrected chi connectivity index (χ3v) is 2.55. The van der Waals surface area contributed by atoms with Crippen LogP contribution in [0, 0.1) is 5.41 Å². The van der Waals surface area contributed by atoms with Crippen LogP contribution < -0.4 is 5.32 Å². The number of carboxylic acids is 1. The van der Waals surface area contributed by atoms with Gasteiger partial charge in [-0.3, -0.25) is 9.59 Å². The van der Waals surface area contributed by atoms with Gasteiger partial charge in [-0.15, -0.1) is 0 Å². The van der Waals surface area contributed by atoms with E-state index in [4.69, 9.17) is 9.84 Å². The first-order chi connectivity index (χ1) is 7.13. The van der Waals surface area contributed by atoms with Crippen LogP contribution in [-0.4, -0.2) is 36.7 Å². The van der Waals surface area contributed by atoms with E-state index in [0.29, 0.717) is 32.6 Å². The fraction of sp³-hybridized carbons (Fsp3) is 0.800. The maximum atomic E-state index is 11.5. The molecule has 1 aliphatic carbocycles. The molecule has 1 aliphatic rings. The molecule has 86 valence electrons. The van der Waals surface area contributed by atoms with Crippen molar-refractivity contribution in [2.45, 2.75) is 26.2 Å². The standard InChI is InChI=1S/C10H17NO4/c1-2-15-7-3-6-11-8(12)10(4-5-10)9(13)14/h2-7H2,1H3,(H,11,12)(H,13,14). The summed E-state index contributed by atoms with van der Waals surface area (Å²) in [7, 11) is 0. The second kappa shape index (κ2) is 5.11. The first-order valence-corrected chi connectivity index (χ1v) is 5.23. The number of hydrogen-bond donors (Lipinski definition) is 2. The third kappa shape index (κ3) is 2.92. The second-order valence-corrected chi connectivity index (χ2v) is 3.69. The normalized spacial score (nSPS) is 17.1. The number of nitrogens with one attached hydrogen (secondary N) is 1. The quantitative estimate of drug-likeness (QED) is 0.476. The number of carbonyl (C=O) groups is 2. The highest BCUT2D eigenvalue weighted by Gasteiger charge is 2.56. The Morgan fingerprint density at radius 1 is 1.47 bits per heavy atom. The average molecular weight is 215 g/mol.